The molecule has 0 aromatic rings. The van der Waals surface area contributed by atoms with Gasteiger partial charge >= 0.3 is 110 Å². The normalized spacial score (nSPS) is 13.9. The summed E-state index contributed by atoms with van der Waals surface area (Å²) in [4.78, 5) is 36.4. The molecule has 0 bridgehead atoms. The van der Waals surface area contributed by atoms with E-state index >= 15 is 0 Å². The molecule has 1 unspecified atom stereocenters. The molecule has 0 radical (unpaired) electrons. The second kappa shape index (κ2) is 8.60. The Morgan fingerprint density at radius 3 is 1.46 bits per heavy atom. The van der Waals surface area contributed by atoms with Gasteiger partial charge in [0.25, 0.3) is 0 Å². The standard InChI is InChI=1S/C2H8O7P2.2K/c3-1-2(10(4,5)6)11(7,8)9;;/h2-3H,1H2,(H2,4,5,6)(H2,7,8,9);;/q;2*+1/p-2. The van der Waals surface area contributed by atoms with Gasteiger partial charge in [0.1, 0.15) is 5.40 Å². The summed E-state index contributed by atoms with van der Waals surface area (Å²) < 4.78 is 20.2. The summed E-state index contributed by atoms with van der Waals surface area (Å²) in [6, 6.07) is 0. The number of hydrogen-bond acceptors (Lipinski definition) is 5. The van der Waals surface area contributed by atoms with E-state index in [2.05, 4.69) is 0 Å². The van der Waals surface area contributed by atoms with Crippen LogP contribution in [0.1, 0.15) is 0 Å². The number of aliphatic hydroxyl groups excluding tert-OH is 1. The minimum atomic E-state index is -5.41. The van der Waals surface area contributed by atoms with Crippen molar-refractivity contribution in [3.63, 3.8) is 0 Å². The van der Waals surface area contributed by atoms with Crippen molar-refractivity contribution in [3.05, 3.63) is 0 Å². The Kier molecular flexibility index (Phi) is 14.4. The Bertz CT molecular complexity index is 197. The zero-order chi connectivity index (χ0) is 9.28. The molecule has 0 saturated carbocycles. The third kappa shape index (κ3) is 9.25. The van der Waals surface area contributed by atoms with Crippen molar-refractivity contribution in [1.82, 2.24) is 0 Å². The molecule has 68 valence electrons. The number of aliphatic hydroxyl groups is 1. The Balaban J connectivity index is -0.000000500. The topological polar surface area (TPSA) is 141 Å². The van der Waals surface area contributed by atoms with Crippen LogP contribution in [-0.4, -0.2) is 26.9 Å². The van der Waals surface area contributed by atoms with Crippen LogP contribution in [0.4, 0.5) is 0 Å². The summed E-state index contributed by atoms with van der Waals surface area (Å²) in [5.74, 6) is 0. The molecular weight excluding hydrogens is 276 g/mol. The van der Waals surface area contributed by atoms with Gasteiger partial charge in [0.05, 0.1) is 6.61 Å². The third-order valence-electron chi connectivity index (χ3n) is 0.917. The maximum Gasteiger partial charge on any atom is 1.00 e. The molecular formula is C2H6K2O7P2. The monoisotopic (exact) mass is 282 g/mol. The van der Waals surface area contributed by atoms with Crippen LogP contribution >= 0.6 is 15.2 Å². The first-order chi connectivity index (χ1) is 4.69. The second-order valence-electron chi connectivity index (χ2n) is 1.79. The molecule has 0 amide bonds. The summed E-state index contributed by atoms with van der Waals surface area (Å²) in [6.45, 7) is -1.37. The van der Waals surface area contributed by atoms with E-state index in [1.54, 1.807) is 0 Å². The Morgan fingerprint density at radius 2 is 1.46 bits per heavy atom. The molecule has 0 fully saturated rings. The van der Waals surface area contributed by atoms with Gasteiger partial charge in [-0.2, -0.15) is 0 Å². The van der Waals surface area contributed by atoms with Crippen molar-refractivity contribution in [2.24, 2.45) is 0 Å². The maximum atomic E-state index is 10.2. The average Bonchev–Trinajstić information content (AvgIpc) is 1.56. The fourth-order valence-corrected chi connectivity index (χ4v) is 2.28. The van der Waals surface area contributed by atoms with Crippen molar-refractivity contribution in [2.75, 3.05) is 6.61 Å². The first kappa shape index (κ1) is 21.8. The van der Waals surface area contributed by atoms with E-state index in [4.69, 9.17) is 14.9 Å². The molecule has 0 aromatic carbocycles. The van der Waals surface area contributed by atoms with E-state index in [0.29, 0.717) is 0 Å². The minimum absolute atomic E-state index is 0. The Morgan fingerprint density at radius 1 is 1.15 bits per heavy atom. The van der Waals surface area contributed by atoms with E-state index in [-0.39, 0.29) is 103 Å². The van der Waals surface area contributed by atoms with Crippen LogP contribution in [-0.2, 0) is 9.13 Å². The first-order valence-electron chi connectivity index (χ1n) is 2.37. The van der Waals surface area contributed by atoms with Crippen LogP contribution in [0.5, 0.6) is 0 Å². The molecule has 0 aliphatic carbocycles. The van der Waals surface area contributed by atoms with Gasteiger partial charge in [-0.25, -0.2) is 0 Å². The van der Waals surface area contributed by atoms with Crippen molar-refractivity contribution in [1.29, 1.82) is 0 Å². The predicted octanol–water partition coefficient (Wildman–Crippen LogP) is -8.60. The molecule has 7 nitrogen and oxygen atoms in total. The van der Waals surface area contributed by atoms with Crippen LogP contribution < -0.4 is 113 Å². The smallest absolute Gasteiger partial charge is 0.810 e. The van der Waals surface area contributed by atoms with Crippen LogP contribution in [0.2, 0.25) is 0 Å². The van der Waals surface area contributed by atoms with Gasteiger partial charge in [-0.1, -0.05) is 0 Å². The summed E-state index contributed by atoms with van der Waals surface area (Å²) in [7, 11) is -10.4. The molecule has 0 aliphatic heterocycles. The van der Waals surface area contributed by atoms with E-state index in [9.17, 15) is 18.9 Å². The fraction of sp³-hybridized carbons (Fsp3) is 1.00. The summed E-state index contributed by atoms with van der Waals surface area (Å²) in [5, 5.41) is 5.61. The fourth-order valence-electron chi connectivity index (χ4n) is 0.391. The molecule has 11 heteroatoms. The Labute approximate surface area is 160 Å². The van der Waals surface area contributed by atoms with Crippen molar-refractivity contribution in [3.8, 4) is 0 Å². The quantitative estimate of drug-likeness (QED) is 0.345. The molecule has 0 spiro atoms. The second-order valence-corrected chi connectivity index (χ2v) is 5.70. The molecule has 0 heterocycles. The van der Waals surface area contributed by atoms with Crippen LogP contribution in [0.15, 0.2) is 0 Å². The van der Waals surface area contributed by atoms with Gasteiger partial charge in [0.2, 0.25) is 0 Å². The van der Waals surface area contributed by atoms with Gasteiger partial charge in [0, 0.05) is 0 Å². The van der Waals surface area contributed by atoms with Crippen molar-refractivity contribution >= 4 is 15.2 Å². The van der Waals surface area contributed by atoms with E-state index in [1.165, 1.54) is 0 Å². The number of hydrogen-bond donors (Lipinski definition) is 3. The van der Waals surface area contributed by atoms with Gasteiger partial charge in [-0.05, 0) is 7.60 Å². The van der Waals surface area contributed by atoms with Crippen LogP contribution in [0.3, 0.4) is 0 Å². The van der Waals surface area contributed by atoms with Gasteiger partial charge in [0.15, 0.2) is 0 Å². The van der Waals surface area contributed by atoms with Crippen LogP contribution in [0.25, 0.3) is 0 Å². The predicted molar refractivity (Wildman–Crippen MR) is 30.5 cm³/mol. The molecule has 3 N–H and O–H groups in total. The van der Waals surface area contributed by atoms with Gasteiger partial charge in [-0.3, -0.25) is 4.57 Å². The molecule has 0 aromatic heterocycles. The maximum absolute atomic E-state index is 10.2. The Hall–Kier alpha value is 3.53. The number of rotatable bonds is 3. The molecule has 13 heavy (non-hydrogen) atoms. The summed E-state index contributed by atoms with van der Waals surface area (Å²) in [6.07, 6.45) is 0. The van der Waals surface area contributed by atoms with E-state index < -0.39 is 27.2 Å². The molecule has 1 atom stereocenters. The van der Waals surface area contributed by atoms with Gasteiger partial charge in [-0.15, -0.1) is 0 Å². The van der Waals surface area contributed by atoms with E-state index in [1.807, 2.05) is 0 Å². The van der Waals surface area contributed by atoms with E-state index in [0.717, 1.165) is 0 Å². The average molecular weight is 282 g/mol. The van der Waals surface area contributed by atoms with Crippen LogP contribution in [0, 0.1) is 0 Å². The summed E-state index contributed by atoms with van der Waals surface area (Å²) in [5.41, 5.74) is 0. The SMILES string of the molecule is O=P([O-])([O-])C(CO)P(=O)(O)O.[K+].[K+]. The zero-order valence-corrected chi connectivity index (χ0v) is 15.2. The van der Waals surface area contributed by atoms with Crippen molar-refractivity contribution in [2.45, 2.75) is 5.40 Å². The van der Waals surface area contributed by atoms with Gasteiger partial charge < -0.3 is 29.2 Å². The zero-order valence-electron chi connectivity index (χ0n) is 7.15. The first-order valence-corrected chi connectivity index (χ1v) is 5.66. The van der Waals surface area contributed by atoms with Crippen molar-refractivity contribution < 1.29 is 137 Å². The largest absolute Gasteiger partial charge is 1.00 e. The molecule has 0 aliphatic rings. The minimum Gasteiger partial charge on any atom is -0.810 e. The molecule has 0 saturated heterocycles. The third-order valence-corrected chi connectivity index (χ3v) is 4.50. The molecule has 0 rings (SSSR count). The summed E-state index contributed by atoms with van der Waals surface area (Å²) >= 11 is 0.